The lowest BCUT2D eigenvalue weighted by Gasteiger charge is -2.27. The lowest BCUT2D eigenvalue weighted by atomic mass is 9.87. The molecule has 0 heterocycles. The van der Waals surface area contributed by atoms with Crippen molar-refractivity contribution in [2.45, 2.75) is 32.2 Å². The van der Waals surface area contributed by atoms with Crippen molar-refractivity contribution in [1.29, 1.82) is 5.26 Å². The third kappa shape index (κ3) is 2.78. The van der Waals surface area contributed by atoms with E-state index in [0.29, 0.717) is 11.8 Å². The highest BCUT2D eigenvalue weighted by molar-refractivity contribution is 5.38. The summed E-state index contributed by atoms with van der Waals surface area (Å²) in [4.78, 5) is 0. The van der Waals surface area contributed by atoms with E-state index in [2.05, 4.69) is 11.4 Å². The van der Waals surface area contributed by atoms with Crippen molar-refractivity contribution in [3.63, 3.8) is 0 Å². The van der Waals surface area contributed by atoms with Crippen LogP contribution < -0.4 is 5.32 Å². The van der Waals surface area contributed by atoms with Gasteiger partial charge in [0.2, 0.25) is 0 Å². The Morgan fingerprint density at radius 2 is 2.41 bits per heavy atom. The molecule has 2 unspecified atom stereocenters. The van der Waals surface area contributed by atoms with Gasteiger partial charge >= 0.3 is 0 Å². The highest BCUT2D eigenvalue weighted by atomic mass is 16.3. The van der Waals surface area contributed by atoms with Crippen LogP contribution in [0.15, 0.2) is 18.2 Å². The summed E-state index contributed by atoms with van der Waals surface area (Å²) in [6, 6.07) is 8.16. The summed E-state index contributed by atoms with van der Waals surface area (Å²) in [5, 5.41) is 21.7. The Bertz CT molecular complexity index is 436. The predicted octanol–water partition coefficient (Wildman–Crippen LogP) is 2.52. The molecule has 1 aromatic rings. The molecule has 0 radical (unpaired) electrons. The summed E-state index contributed by atoms with van der Waals surface area (Å²) >= 11 is 0. The Morgan fingerprint density at radius 3 is 3.18 bits per heavy atom. The Kier molecular flexibility index (Phi) is 3.65. The molecule has 0 aromatic heterocycles. The van der Waals surface area contributed by atoms with Gasteiger partial charge < -0.3 is 10.4 Å². The zero-order valence-electron chi connectivity index (χ0n) is 10.1. The first kappa shape index (κ1) is 11.9. The van der Waals surface area contributed by atoms with Crippen molar-refractivity contribution in [2.24, 2.45) is 5.92 Å². The highest BCUT2D eigenvalue weighted by Crippen LogP contribution is 2.31. The molecule has 0 spiro atoms. The van der Waals surface area contributed by atoms with Gasteiger partial charge in [0.25, 0.3) is 0 Å². The Balaban J connectivity index is 2.10. The van der Waals surface area contributed by atoms with Crippen LogP contribution in [0.4, 0.5) is 0 Å². The molecular weight excluding hydrogens is 212 g/mol. The molecule has 17 heavy (non-hydrogen) atoms. The molecule has 0 bridgehead atoms. The molecule has 2 N–H and O–H groups in total. The van der Waals surface area contributed by atoms with E-state index in [9.17, 15) is 5.11 Å². The van der Waals surface area contributed by atoms with Gasteiger partial charge in [0.15, 0.2) is 0 Å². The van der Waals surface area contributed by atoms with Crippen LogP contribution >= 0.6 is 0 Å². The molecule has 90 valence electrons. The van der Waals surface area contributed by atoms with Crippen LogP contribution in [0.5, 0.6) is 5.75 Å². The lowest BCUT2D eigenvalue weighted by molar-refractivity contribution is 0.436. The van der Waals surface area contributed by atoms with Crippen LogP contribution in [-0.2, 0) is 6.42 Å². The molecule has 2 rings (SSSR count). The number of fused-ring (bicyclic) bond motifs is 1. The summed E-state index contributed by atoms with van der Waals surface area (Å²) < 4.78 is 0. The van der Waals surface area contributed by atoms with Gasteiger partial charge in [0.05, 0.1) is 12.0 Å². The fourth-order valence-electron chi connectivity index (χ4n) is 2.38. The molecule has 0 fully saturated rings. The van der Waals surface area contributed by atoms with E-state index in [1.807, 2.05) is 19.1 Å². The number of benzene rings is 1. The van der Waals surface area contributed by atoms with E-state index in [0.717, 1.165) is 25.8 Å². The Hall–Kier alpha value is -1.53. The minimum Gasteiger partial charge on any atom is -0.508 e. The number of hydrogen-bond donors (Lipinski definition) is 2. The number of nitrogens with one attached hydrogen (secondary N) is 1. The zero-order valence-corrected chi connectivity index (χ0v) is 10.1. The summed E-state index contributed by atoms with van der Waals surface area (Å²) in [6.07, 6.45) is 3.28. The first-order valence-corrected chi connectivity index (χ1v) is 6.15. The largest absolute Gasteiger partial charge is 0.508 e. The predicted molar refractivity (Wildman–Crippen MR) is 66.6 cm³/mol. The average molecular weight is 230 g/mol. The van der Waals surface area contributed by atoms with Gasteiger partial charge in [-0.25, -0.2) is 0 Å². The van der Waals surface area contributed by atoms with E-state index < -0.39 is 0 Å². The molecule has 0 saturated carbocycles. The monoisotopic (exact) mass is 230 g/mol. The minimum atomic E-state index is 0.0393. The van der Waals surface area contributed by atoms with Gasteiger partial charge in [-0.05, 0) is 49.4 Å². The zero-order chi connectivity index (χ0) is 12.3. The van der Waals surface area contributed by atoms with Crippen molar-refractivity contribution in [2.75, 3.05) is 6.54 Å². The maximum Gasteiger partial charge on any atom is 0.115 e. The van der Waals surface area contributed by atoms with E-state index in [1.165, 1.54) is 11.1 Å². The van der Waals surface area contributed by atoms with Crippen molar-refractivity contribution in [3.05, 3.63) is 29.3 Å². The van der Waals surface area contributed by atoms with E-state index >= 15 is 0 Å². The van der Waals surface area contributed by atoms with Crippen molar-refractivity contribution >= 4 is 0 Å². The van der Waals surface area contributed by atoms with Crippen molar-refractivity contribution < 1.29 is 5.11 Å². The van der Waals surface area contributed by atoms with Gasteiger partial charge in [0, 0.05) is 12.6 Å². The van der Waals surface area contributed by atoms with Gasteiger partial charge in [0.1, 0.15) is 5.75 Å². The first-order valence-electron chi connectivity index (χ1n) is 6.15. The summed E-state index contributed by atoms with van der Waals surface area (Å²) in [7, 11) is 0. The molecule has 0 saturated heterocycles. The summed E-state index contributed by atoms with van der Waals surface area (Å²) in [6.45, 7) is 2.65. The standard InChI is InChI=1S/C14H18N2O/c1-10(8-15)9-16-14-4-2-3-11-7-12(17)5-6-13(11)14/h5-7,10,14,16-17H,2-4,9H2,1H3. The van der Waals surface area contributed by atoms with Crippen LogP contribution in [0, 0.1) is 17.2 Å². The highest BCUT2D eigenvalue weighted by Gasteiger charge is 2.20. The topological polar surface area (TPSA) is 56.0 Å². The number of phenolic OH excluding ortho intramolecular Hbond substituents is 1. The second kappa shape index (κ2) is 5.20. The third-order valence-corrected chi connectivity index (χ3v) is 3.33. The van der Waals surface area contributed by atoms with Crippen LogP contribution in [-0.4, -0.2) is 11.7 Å². The number of hydrogen-bond acceptors (Lipinski definition) is 3. The van der Waals surface area contributed by atoms with Gasteiger partial charge in [-0.1, -0.05) is 6.07 Å². The Morgan fingerprint density at radius 1 is 1.59 bits per heavy atom. The second-order valence-corrected chi connectivity index (χ2v) is 4.77. The van der Waals surface area contributed by atoms with Crippen LogP contribution in [0.1, 0.15) is 36.9 Å². The maximum absolute atomic E-state index is 9.47. The molecule has 0 amide bonds. The Labute approximate surface area is 102 Å². The quantitative estimate of drug-likeness (QED) is 0.839. The van der Waals surface area contributed by atoms with Crippen molar-refractivity contribution in [1.82, 2.24) is 5.32 Å². The molecule has 2 atom stereocenters. The summed E-state index contributed by atoms with van der Waals surface area (Å²) in [5.74, 6) is 0.382. The van der Waals surface area contributed by atoms with Gasteiger partial charge in [-0.3, -0.25) is 0 Å². The van der Waals surface area contributed by atoms with Crippen LogP contribution in [0.25, 0.3) is 0 Å². The van der Waals surface area contributed by atoms with Gasteiger partial charge in [-0.2, -0.15) is 5.26 Å². The number of aromatic hydroxyl groups is 1. The molecule has 3 heteroatoms. The lowest BCUT2D eigenvalue weighted by Crippen LogP contribution is -2.28. The second-order valence-electron chi connectivity index (χ2n) is 4.77. The molecular formula is C14H18N2O. The number of nitriles is 1. The van der Waals surface area contributed by atoms with Crippen LogP contribution in [0.2, 0.25) is 0 Å². The third-order valence-electron chi connectivity index (χ3n) is 3.33. The smallest absolute Gasteiger partial charge is 0.115 e. The SMILES string of the molecule is CC(C#N)CNC1CCCc2cc(O)ccc21. The molecule has 0 aliphatic heterocycles. The number of aryl methyl sites for hydroxylation is 1. The van der Waals surface area contributed by atoms with E-state index in [-0.39, 0.29) is 5.92 Å². The fraction of sp³-hybridized carbons (Fsp3) is 0.500. The molecule has 1 aliphatic rings. The van der Waals surface area contributed by atoms with Gasteiger partial charge in [-0.15, -0.1) is 0 Å². The van der Waals surface area contributed by atoms with E-state index in [1.54, 1.807) is 6.07 Å². The van der Waals surface area contributed by atoms with Crippen molar-refractivity contribution in [3.8, 4) is 11.8 Å². The number of phenols is 1. The molecule has 3 nitrogen and oxygen atoms in total. The first-order chi connectivity index (χ1) is 8.20. The number of rotatable bonds is 3. The minimum absolute atomic E-state index is 0.0393. The fourth-order valence-corrected chi connectivity index (χ4v) is 2.38. The summed E-state index contributed by atoms with van der Waals surface area (Å²) in [5.41, 5.74) is 2.51. The van der Waals surface area contributed by atoms with E-state index in [4.69, 9.17) is 5.26 Å². The molecule has 1 aromatic carbocycles. The number of nitrogens with zero attached hydrogens (tertiary/aromatic N) is 1. The van der Waals surface area contributed by atoms with Crippen LogP contribution in [0.3, 0.4) is 0 Å². The maximum atomic E-state index is 9.47. The normalized spacial score (nSPS) is 20.4. The average Bonchev–Trinajstić information content (AvgIpc) is 2.35. The molecule has 1 aliphatic carbocycles.